The van der Waals surface area contributed by atoms with Crippen LogP contribution in [0.2, 0.25) is 0 Å². The third-order valence-corrected chi connectivity index (χ3v) is 5.03. The summed E-state index contributed by atoms with van der Waals surface area (Å²) in [4.78, 5) is 7.18. The van der Waals surface area contributed by atoms with Crippen molar-refractivity contribution in [3.8, 4) is 10.6 Å². The molecule has 5 heteroatoms. The van der Waals surface area contributed by atoms with Crippen molar-refractivity contribution in [1.82, 2.24) is 9.88 Å². The molecule has 0 aliphatic carbocycles. The van der Waals surface area contributed by atoms with E-state index in [1.807, 2.05) is 0 Å². The van der Waals surface area contributed by atoms with Crippen molar-refractivity contribution in [2.75, 3.05) is 19.6 Å². The van der Waals surface area contributed by atoms with Crippen LogP contribution in [0.4, 0.5) is 0 Å². The van der Waals surface area contributed by atoms with Gasteiger partial charge >= 0.3 is 0 Å². The third-order valence-electron chi connectivity index (χ3n) is 3.41. The average Bonchev–Trinajstić information content (AvgIpc) is 3.10. The highest BCUT2D eigenvalue weighted by Crippen LogP contribution is 2.27. The molecule has 2 N–H and O–H groups in total. The first-order valence-electron chi connectivity index (χ1n) is 6.24. The van der Waals surface area contributed by atoms with E-state index in [-0.39, 0.29) is 0 Å². The number of thiazole rings is 1. The van der Waals surface area contributed by atoms with Crippen LogP contribution in [-0.2, 0) is 6.54 Å². The van der Waals surface area contributed by atoms with Gasteiger partial charge in [-0.15, -0.1) is 11.3 Å². The molecule has 1 saturated heterocycles. The molecule has 3 nitrogen and oxygen atoms in total. The van der Waals surface area contributed by atoms with Crippen LogP contribution in [0, 0.1) is 5.92 Å². The van der Waals surface area contributed by atoms with Crippen LogP contribution in [0.5, 0.6) is 0 Å². The minimum Gasteiger partial charge on any atom is -0.330 e. The Hall–Kier alpha value is -0.750. The van der Waals surface area contributed by atoms with Gasteiger partial charge in [0.25, 0.3) is 0 Å². The van der Waals surface area contributed by atoms with E-state index in [1.165, 1.54) is 17.7 Å². The van der Waals surface area contributed by atoms with Crippen molar-refractivity contribution < 1.29 is 0 Å². The molecular weight excluding hydrogens is 262 g/mol. The summed E-state index contributed by atoms with van der Waals surface area (Å²) >= 11 is 3.46. The van der Waals surface area contributed by atoms with E-state index in [2.05, 4.69) is 27.1 Å². The molecule has 0 bridgehead atoms. The smallest absolute Gasteiger partial charge is 0.124 e. The molecule has 1 atom stereocenters. The molecule has 0 saturated carbocycles. The fourth-order valence-corrected chi connectivity index (χ4v) is 3.90. The van der Waals surface area contributed by atoms with Gasteiger partial charge < -0.3 is 5.73 Å². The Labute approximate surface area is 115 Å². The molecule has 1 aliphatic rings. The average molecular weight is 279 g/mol. The number of hydrogen-bond donors (Lipinski definition) is 1. The molecular formula is C13H17N3S2. The summed E-state index contributed by atoms with van der Waals surface area (Å²) in [6, 6.07) is 2.13. The van der Waals surface area contributed by atoms with E-state index in [9.17, 15) is 0 Å². The Morgan fingerprint density at radius 3 is 3.11 bits per heavy atom. The van der Waals surface area contributed by atoms with Gasteiger partial charge in [-0.05, 0) is 36.9 Å². The number of rotatable bonds is 4. The maximum Gasteiger partial charge on any atom is 0.124 e. The van der Waals surface area contributed by atoms with E-state index in [0.717, 1.165) is 31.2 Å². The van der Waals surface area contributed by atoms with Crippen LogP contribution in [0.1, 0.15) is 12.1 Å². The summed E-state index contributed by atoms with van der Waals surface area (Å²) in [5, 5.41) is 7.58. The van der Waals surface area contributed by atoms with Gasteiger partial charge in [0.05, 0.1) is 5.69 Å². The van der Waals surface area contributed by atoms with E-state index in [0.29, 0.717) is 5.92 Å². The lowest BCUT2D eigenvalue weighted by molar-refractivity contribution is 0.315. The fraction of sp³-hybridized carbons (Fsp3) is 0.462. The monoisotopic (exact) mass is 279 g/mol. The molecule has 0 spiro atoms. The van der Waals surface area contributed by atoms with Crippen LogP contribution in [-0.4, -0.2) is 29.5 Å². The lowest BCUT2D eigenvalue weighted by Crippen LogP contribution is -2.22. The SMILES string of the molecule is NCC1CCN(Cc2csc(-c3ccsc3)n2)C1. The standard InChI is InChI=1S/C13H17N3S2/c14-5-10-1-3-16(6-10)7-12-9-18-13(15-12)11-2-4-17-8-11/h2,4,8-10H,1,3,5-7,14H2. The molecule has 2 aromatic rings. The Kier molecular flexibility index (Phi) is 3.75. The summed E-state index contributed by atoms with van der Waals surface area (Å²) in [5.41, 5.74) is 8.16. The first-order chi connectivity index (χ1) is 8.85. The Bertz CT molecular complexity index is 492. The maximum absolute atomic E-state index is 5.72. The zero-order valence-electron chi connectivity index (χ0n) is 10.2. The molecule has 18 heavy (non-hydrogen) atoms. The molecule has 1 fully saturated rings. The fourth-order valence-electron chi connectivity index (χ4n) is 2.38. The van der Waals surface area contributed by atoms with Gasteiger partial charge in [0, 0.05) is 29.4 Å². The van der Waals surface area contributed by atoms with Crippen molar-refractivity contribution >= 4 is 22.7 Å². The minimum atomic E-state index is 0.681. The Balaban J connectivity index is 1.64. The summed E-state index contributed by atoms with van der Waals surface area (Å²) in [5.74, 6) is 0.681. The molecule has 3 heterocycles. The maximum atomic E-state index is 5.72. The molecule has 3 rings (SSSR count). The molecule has 0 aromatic carbocycles. The number of aromatic nitrogens is 1. The number of nitrogens with zero attached hydrogens (tertiary/aromatic N) is 2. The first-order valence-corrected chi connectivity index (χ1v) is 8.07. The molecule has 2 aromatic heterocycles. The van der Waals surface area contributed by atoms with Gasteiger partial charge in [-0.1, -0.05) is 0 Å². The van der Waals surface area contributed by atoms with Crippen molar-refractivity contribution in [3.05, 3.63) is 27.9 Å². The second-order valence-electron chi connectivity index (χ2n) is 4.78. The zero-order valence-corrected chi connectivity index (χ0v) is 11.8. The lowest BCUT2D eigenvalue weighted by Gasteiger charge is -2.13. The van der Waals surface area contributed by atoms with Crippen LogP contribution in [0.3, 0.4) is 0 Å². The molecule has 0 amide bonds. The van der Waals surface area contributed by atoms with Gasteiger partial charge in [0.15, 0.2) is 0 Å². The van der Waals surface area contributed by atoms with E-state index < -0.39 is 0 Å². The number of nitrogens with two attached hydrogens (primary N) is 1. The summed E-state index contributed by atoms with van der Waals surface area (Å²) < 4.78 is 0. The highest BCUT2D eigenvalue weighted by Gasteiger charge is 2.21. The molecule has 1 unspecified atom stereocenters. The second-order valence-corrected chi connectivity index (χ2v) is 6.42. The summed E-state index contributed by atoms with van der Waals surface area (Å²) in [6.45, 7) is 4.07. The van der Waals surface area contributed by atoms with Crippen molar-refractivity contribution in [2.45, 2.75) is 13.0 Å². The van der Waals surface area contributed by atoms with Gasteiger partial charge in [0.2, 0.25) is 0 Å². The van der Waals surface area contributed by atoms with Crippen molar-refractivity contribution in [2.24, 2.45) is 11.7 Å². The van der Waals surface area contributed by atoms with E-state index in [4.69, 9.17) is 10.7 Å². The van der Waals surface area contributed by atoms with Crippen LogP contribution >= 0.6 is 22.7 Å². The minimum absolute atomic E-state index is 0.681. The quantitative estimate of drug-likeness (QED) is 0.935. The highest BCUT2D eigenvalue weighted by molar-refractivity contribution is 7.14. The highest BCUT2D eigenvalue weighted by atomic mass is 32.1. The zero-order chi connectivity index (χ0) is 12.4. The number of thiophene rings is 1. The summed E-state index contributed by atoms with van der Waals surface area (Å²) in [7, 11) is 0. The third kappa shape index (κ3) is 2.64. The van der Waals surface area contributed by atoms with Crippen LogP contribution < -0.4 is 5.73 Å². The van der Waals surface area contributed by atoms with Crippen molar-refractivity contribution in [3.63, 3.8) is 0 Å². The number of likely N-dealkylation sites (tertiary alicyclic amines) is 1. The Morgan fingerprint density at radius 2 is 2.39 bits per heavy atom. The van der Waals surface area contributed by atoms with E-state index >= 15 is 0 Å². The van der Waals surface area contributed by atoms with Crippen LogP contribution in [0.15, 0.2) is 22.2 Å². The molecule has 96 valence electrons. The van der Waals surface area contributed by atoms with Gasteiger partial charge in [-0.2, -0.15) is 11.3 Å². The van der Waals surface area contributed by atoms with Gasteiger partial charge in [-0.25, -0.2) is 4.98 Å². The normalized spacial score (nSPS) is 20.6. The summed E-state index contributed by atoms with van der Waals surface area (Å²) in [6.07, 6.45) is 1.23. The molecule has 0 radical (unpaired) electrons. The second kappa shape index (κ2) is 5.48. The largest absolute Gasteiger partial charge is 0.330 e. The number of hydrogen-bond acceptors (Lipinski definition) is 5. The van der Waals surface area contributed by atoms with Gasteiger partial charge in [-0.3, -0.25) is 4.90 Å². The van der Waals surface area contributed by atoms with Crippen molar-refractivity contribution in [1.29, 1.82) is 0 Å². The predicted octanol–water partition coefficient (Wildman–Crippen LogP) is 2.65. The topological polar surface area (TPSA) is 42.1 Å². The lowest BCUT2D eigenvalue weighted by atomic mass is 10.1. The van der Waals surface area contributed by atoms with E-state index in [1.54, 1.807) is 22.7 Å². The van der Waals surface area contributed by atoms with Crippen LogP contribution in [0.25, 0.3) is 10.6 Å². The molecule has 1 aliphatic heterocycles. The first kappa shape index (κ1) is 12.3. The van der Waals surface area contributed by atoms with Gasteiger partial charge in [0.1, 0.15) is 5.01 Å². The predicted molar refractivity (Wildman–Crippen MR) is 77.9 cm³/mol. The Morgan fingerprint density at radius 1 is 1.44 bits per heavy atom.